The Bertz CT molecular complexity index is 485. The van der Waals surface area contributed by atoms with Gasteiger partial charge in [0.2, 0.25) is 0 Å². The SMILES string of the molecule is O=Cc1ccnc(-c2cccnc2)c1F. The first-order valence-electron chi connectivity index (χ1n) is 4.33. The molecule has 2 heterocycles. The summed E-state index contributed by atoms with van der Waals surface area (Å²) in [5, 5.41) is 0. The van der Waals surface area contributed by atoms with Crippen LogP contribution in [0.25, 0.3) is 11.3 Å². The van der Waals surface area contributed by atoms with Crippen molar-refractivity contribution in [1.82, 2.24) is 9.97 Å². The molecule has 0 aromatic carbocycles. The molecule has 0 aliphatic rings. The van der Waals surface area contributed by atoms with Gasteiger partial charge in [-0.2, -0.15) is 0 Å². The third-order valence-corrected chi connectivity index (χ3v) is 1.98. The summed E-state index contributed by atoms with van der Waals surface area (Å²) in [6.07, 6.45) is 4.96. The molecule has 0 bridgehead atoms. The monoisotopic (exact) mass is 202 g/mol. The first-order valence-corrected chi connectivity index (χ1v) is 4.33. The Hall–Kier alpha value is -2.10. The highest BCUT2D eigenvalue weighted by atomic mass is 19.1. The fourth-order valence-electron chi connectivity index (χ4n) is 1.25. The van der Waals surface area contributed by atoms with Crippen molar-refractivity contribution in [3.63, 3.8) is 0 Å². The third kappa shape index (κ3) is 1.74. The zero-order chi connectivity index (χ0) is 10.7. The Balaban J connectivity index is 2.59. The highest BCUT2D eigenvalue weighted by Gasteiger charge is 2.10. The lowest BCUT2D eigenvalue weighted by Gasteiger charge is -2.02. The maximum absolute atomic E-state index is 13.6. The number of rotatable bonds is 2. The molecular formula is C11H7FN2O. The van der Waals surface area contributed by atoms with Gasteiger partial charge in [0.25, 0.3) is 0 Å². The van der Waals surface area contributed by atoms with Gasteiger partial charge in [-0.1, -0.05) is 0 Å². The molecule has 2 aromatic rings. The molecule has 0 saturated heterocycles. The summed E-state index contributed by atoms with van der Waals surface area (Å²) in [5.41, 5.74) is 0.704. The molecule has 4 heteroatoms. The van der Waals surface area contributed by atoms with Crippen LogP contribution < -0.4 is 0 Å². The van der Waals surface area contributed by atoms with Gasteiger partial charge in [-0.15, -0.1) is 0 Å². The Morgan fingerprint density at radius 2 is 2.13 bits per heavy atom. The van der Waals surface area contributed by atoms with E-state index in [9.17, 15) is 9.18 Å². The third-order valence-electron chi connectivity index (χ3n) is 1.98. The lowest BCUT2D eigenvalue weighted by molar-refractivity contribution is 0.111. The topological polar surface area (TPSA) is 42.9 Å². The predicted molar refractivity (Wildman–Crippen MR) is 52.8 cm³/mol. The molecule has 0 spiro atoms. The average Bonchev–Trinajstić information content (AvgIpc) is 2.30. The number of halogens is 1. The van der Waals surface area contributed by atoms with Crippen molar-refractivity contribution in [3.05, 3.63) is 48.2 Å². The van der Waals surface area contributed by atoms with Gasteiger partial charge < -0.3 is 0 Å². The molecule has 3 nitrogen and oxygen atoms in total. The molecule has 0 atom stereocenters. The summed E-state index contributed by atoms with van der Waals surface area (Å²) in [6.45, 7) is 0. The van der Waals surface area contributed by atoms with Gasteiger partial charge >= 0.3 is 0 Å². The van der Waals surface area contributed by atoms with Crippen LogP contribution >= 0.6 is 0 Å². The van der Waals surface area contributed by atoms with Gasteiger partial charge in [-0.3, -0.25) is 14.8 Å². The van der Waals surface area contributed by atoms with Gasteiger partial charge in [-0.25, -0.2) is 4.39 Å². The van der Waals surface area contributed by atoms with Crippen LogP contribution in [0.2, 0.25) is 0 Å². The molecule has 0 aliphatic heterocycles. The number of aromatic nitrogens is 2. The minimum absolute atomic E-state index is 0.00357. The Morgan fingerprint density at radius 1 is 1.27 bits per heavy atom. The van der Waals surface area contributed by atoms with Crippen LogP contribution in [-0.2, 0) is 0 Å². The Morgan fingerprint density at radius 3 is 2.80 bits per heavy atom. The minimum Gasteiger partial charge on any atom is -0.298 e. The van der Waals surface area contributed by atoms with Crippen LogP contribution in [0.5, 0.6) is 0 Å². The van der Waals surface area contributed by atoms with E-state index in [-0.39, 0.29) is 11.3 Å². The number of hydrogen-bond acceptors (Lipinski definition) is 3. The van der Waals surface area contributed by atoms with Crippen LogP contribution in [0.15, 0.2) is 36.8 Å². The zero-order valence-corrected chi connectivity index (χ0v) is 7.72. The van der Waals surface area contributed by atoms with Crippen LogP contribution in [0.3, 0.4) is 0 Å². The van der Waals surface area contributed by atoms with E-state index in [0.717, 1.165) is 0 Å². The van der Waals surface area contributed by atoms with Crippen molar-refractivity contribution in [3.8, 4) is 11.3 Å². The lowest BCUT2D eigenvalue weighted by atomic mass is 10.1. The summed E-state index contributed by atoms with van der Waals surface area (Å²) in [7, 11) is 0. The normalized spacial score (nSPS) is 9.93. The molecule has 0 fully saturated rings. The number of carbonyl (C=O) groups excluding carboxylic acids is 1. The molecule has 0 amide bonds. The van der Waals surface area contributed by atoms with Crippen molar-refractivity contribution in [1.29, 1.82) is 0 Å². The highest BCUT2D eigenvalue weighted by Crippen LogP contribution is 2.20. The van der Waals surface area contributed by atoms with E-state index in [0.29, 0.717) is 11.8 Å². The second-order valence-electron chi connectivity index (χ2n) is 2.92. The van der Waals surface area contributed by atoms with Crippen LogP contribution in [-0.4, -0.2) is 16.3 Å². The fourth-order valence-corrected chi connectivity index (χ4v) is 1.25. The quantitative estimate of drug-likeness (QED) is 0.700. The summed E-state index contributed by atoms with van der Waals surface area (Å²) in [6, 6.07) is 4.71. The second kappa shape index (κ2) is 3.96. The largest absolute Gasteiger partial charge is 0.298 e. The van der Waals surface area contributed by atoms with Crippen molar-refractivity contribution < 1.29 is 9.18 Å². The van der Waals surface area contributed by atoms with E-state index < -0.39 is 5.82 Å². The number of hydrogen-bond donors (Lipinski definition) is 0. The molecule has 2 aromatic heterocycles. The van der Waals surface area contributed by atoms with Gasteiger partial charge in [-0.05, 0) is 18.2 Å². The average molecular weight is 202 g/mol. The van der Waals surface area contributed by atoms with Crippen LogP contribution in [0.4, 0.5) is 4.39 Å². The zero-order valence-electron chi connectivity index (χ0n) is 7.72. The molecule has 0 saturated carbocycles. The fraction of sp³-hybridized carbons (Fsp3) is 0. The standard InChI is InChI=1S/C11H7FN2O/c12-10-9(7-15)3-5-14-11(10)8-2-1-4-13-6-8/h1-7H. The molecule has 15 heavy (non-hydrogen) atoms. The molecule has 0 aliphatic carbocycles. The molecule has 74 valence electrons. The minimum atomic E-state index is -0.611. The predicted octanol–water partition coefficient (Wildman–Crippen LogP) is 2.10. The number of aldehydes is 1. The van der Waals surface area contributed by atoms with E-state index in [1.54, 1.807) is 18.3 Å². The lowest BCUT2D eigenvalue weighted by Crippen LogP contribution is -1.95. The number of nitrogens with zero attached hydrogens (tertiary/aromatic N) is 2. The highest BCUT2D eigenvalue weighted by molar-refractivity contribution is 5.78. The van der Waals surface area contributed by atoms with Crippen molar-refractivity contribution in [2.45, 2.75) is 0 Å². The Kier molecular flexibility index (Phi) is 2.49. The second-order valence-corrected chi connectivity index (χ2v) is 2.92. The van der Waals surface area contributed by atoms with Gasteiger partial charge in [0.05, 0.1) is 5.56 Å². The van der Waals surface area contributed by atoms with E-state index in [1.807, 2.05) is 0 Å². The molecular weight excluding hydrogens is 195 g/mol. The first kappa shape index (κ1) is 9.45. The smallest absolute Gasteiger partial charge is 0.160 e. The summed E-state index contributed by atoms with van der Waals surface area (Å²) in [5.74, 6) is -0.611. The van der Waals surface area contributed by atoms with Crippen molar-refractivity contribution >= 4 is 6.29 Å². The Labute approximate surface area is 85.6 Å². The summed E-state index contributed by atoms with van der Waals surface area (Å²) >= 11 is 0. The molecule has 2 rings (SSSR count). The number of carbonyl (C=O) groups is 1. The van der Waals surface area contributed by atoms with E-state index in [1.165, 1.54) is 18.5 Å². The van der Waals surface area contributed by atoms with E-state index in [2.05, 4.69) is 9.97 Å². The van der Waals surface area contributed by atoms with Gasteiger partial charge in [0.15, 0.2) is 12.1 Å². The maximum Gasteiger partial charge on any atom is 0.160 e. The van der Waals surface area contributed by atoms with Crippen molar-refractivity contribution in [2.24, 2.45) is 0 Å². The molecule has 0 radical (unpaired) electrons. The molecule has 0 unspecified atom stereocenters. The van der Waals surface area contributed by atoms with Crippen molar-refractivity contribution in [2.75, 3.05) is 0 Å². The molecule has 0 N–H and O–H groups in total. The van der Waals surface area contributed by atoms with E-state index >= 15 is 0 Å². The van der Waals surface area contributed by atoms with E-state index in [4.69, 9.17) is 0 Å². The first-order chi connectivity index (χ1) is 7.33. The van der Waals surface area contributed by atoms with Crippen LogP contribution in [0.1, 0.15) is 10.4 Å². The summed E-state index contributed by atoms with van der Waals surface area (Å²) < 4.78 is 13.6. The maximum atomic E-state index is 13.6. The van der Waals surface area contributed by atoms with Crippen LogP contribution in [0, 0.1) is 5.82 Å². The van der Waals surface area contributed by atoms with Gasteiger partial charge in [0, 0.05) is 24.2 Å². The summed E-state index contributed by atoms with van der Waals surface area (Å²) in [4.78, 5) is 18.3. The number of pyridine rings is 2. The van der Waals surface area contributed by atoms with Gasteiger partial charge in [0.1, 0.15) is 5.69 Å².